The van der Waals surface area contributed by atoms with Gasteiger partial charge < -0.3 is 10.2 Å². The van der Waals surface area contributed by atoms with Crippen molar-refractivity contribution in [1.82, 2.24) is 10.2 Å². The van der Waals surface area contributed by atoms with Crippen LogP contribution in [0.15, 0.2) is 71.6 Å². The lowest BCUT2D eigenvalue weighted by molar-refractivity contribution is -0.140. The second-order valence-corrected chi connectivity index (χ2v) is 13.1. The normalized spacial score (nSPS) is 14.4. The molecule has 7 nitrogen and oxygen atoms in total. The van der Waals surface area contributed by atoms with Gasteiger partial charge in [0.25, 0.3) is 10.0 Å². The van der Waals surface area contributed by atoms with E-state index < -0.39 is 34.3 Å². The average molecular weight is 614 g/mol. The van der Waals surface area contributed by atoms with Crippen LogP contribution in [0.3, 0.4) is 0 Å². The van der Waals surface area contributed by atoms with E-state index >= 15 is 0 Å². The van der Waals surface area contributed by atoms with Crippen LogP contribution in [0.25, 0.3) is 0 Å². The van der Waals surface area contributed by atoms with Gasteiger partial charge in [-0.15, -0.1) is 0 Å². The lowest BCUT2D eigenvalue weighted by atomic mass is 10.1. The second kappa shape index (κ2) is 13.7. The zero-order chi connectivity index (χ0) is 30.4. The largest absolute Gasteiger partial charge is 0.352 e. The van der Waals surface area contributed by atoms with Crippen LogP contribution in [-0.4, -0.2) is 43.8 Å². The molecule has 10 heteroatoms. The fourth-order valence-corrected chi connectivity index (χ4v) is 6.76. The predicted octanol–water partition coefficient (Wildman–Crippen LogP) is 6.16. The van der Waals surface area contributed by atoms with Crippen molar-refractivity contribution in [3.63, 3.8) is 0 Å². The monoisotopic (exact) mass is 613 g/mol. The minimum Gasteiger partial charge on any atom is -0.352 e. The molecular weight excluding hydrogens is 577 g/mol. The molecular formula is C32H37ClFN3O4S. The zero-order valence-electron chi connectivity index (χ0n) is 24.1. The van der Waals surface area contributed by atoms with Crippen molar-refractivity contribution in [3.8, 4) is 0 Å². The molecule has 3 aromatic carbocycles. The Kier molecular flexibility index (Phi) is 10.3. The average Bonchev–Trinajstić information content (AvgIpc) is 3.47. The number of hydrogen-bond acceptors (Lipinski definition) is 4. The number of hydrogen-bond donors (Lipinski definition) is 1. The van der Waals surface area contributed by atoms with Crippen molar-refractivity contribution in [3.05, 3.63) is 94.3 Å². The zero-order valence-corrected chi connectivity index (χ0v) is 25.7. The highest BCUT2D eigenvalue weighted by Crippen LogP contribution is 2.29. The first kappa shape index (κ1) is 31.5. The molecule has 1 saturated carbocycles. The Morgan fingerprint density at radius 2 is 1.64 bits per heavy atom. The van der Waals surface area contributed by atoms with Gasteiger partial charge in [0.05, 0.1) is 10.6 Å². The van der Waals surface area contributed by atoms with Gasteiger partial charge >= 0.3 is 0 Å². The van der Waals surface area contributed by atoms with Crippen molar-refractivity contribution < 1.29 is 22.4 Å². The van der Waals surface area contributed by atoms with Crippen LogP contribution in [0.2, 0.25) is 5.02 Å². The van der Waals surface area contributed by atoms with Gasteiger partial charge in [-0.25, -0.2) is 12.8 Å². The summed E-state index contributed by atoms with van der Waals surface area (Å²) >= 11 is 6.39. The SMILES string of the molecule is CC[C@H](C(=O)NC1CCCC1)N(Cc1ccc(F)cc1)C(=O)CN(c1ccc(C)c(Cl)c1)S(=O)(=O)c1ccc(C)cc1. The molecule has 1 aliphatic carbocycles. The first-order valence-electron chi connectivity index (χ1n) is 14.2. The van der Waals surface area contributed by atoms with E-state index in [4.69, 9.17) is 11.6 Å². The van der Waals surface area contributed by atoms with Crippen LogP contribution >= 0.6 is 11.6 Å². The number of sulfonamides is 1. The molecule has 4 rings (SSSR count). The number of aryl methyl sites for hydroxylation is 2. The van der Waals surface area contributed by atoms with Crippen LogP contribution in [0, 0.1) is 19.7 Å². The summed E-state index contributed by atoms with van der Waals surface area (Å²) in [5, 5.41) is 3.43. The molecule has 42 heavy (non-hydrogen) atoms. The Morgan fingerprint density at radius 1 is 1.00 bits per heavy atom. The maximum absolute atomic E-state index is 14.2. The number of nitrogens with zero attached hydrogens (tertiary/aromatic N) is 2. The van der Waals surface area contributed by atoms with E-state index in [1.54, 1.807) is 43.3 Å². The van der Waals surface area contributed by atoms with Crippen molar-refractivity contribution in [2.24, 2.45) is 0 Å². The van der Waals surface area contributed by atoms with Gasteiger partial charge in [-0.1, -0.05) is 67.3 Å². The molecule has 0 saturated heterocycles. The summed E-state index contributed by atoms with van der Waals surface area (Å²) in [4.78, 5) is 29.1. The molecule has 3 aromatic rings. The molecule has 1 aliphatic rings. The van der Waals surface area contributed by atoms with Gasteiger partial charge in [0.1, 0.15) is 18.4 Å². The quantitative estimate of drug-likeness (QED) is 0.281. The molecule has 0 aromatic heterocycles. The van der Waals surface area contributed by atoms with Crippen LogP contribution < -0.4 is 9.62 Å². The molecule has 0 unspecified atom stereocenters. The van der Waals surface area contributed by atoms with Gasteiger partial charge in [-0.2, -0.15) is 0 Å². The number of nitrogens with one attached hydrogen (secondary N) is 1. The Labute approximate surface area is 252 Å². The van der Waals surface area contributed by atoms with E-state index in [-0.39, 0.29) is 29.1 Å². The topological polar surface area (TPSA) is 86.8 Å². The number of carbonyl (C=O) groups excluding carboxylic acids is 2. The minimum atomic E-state index is -4.20. The van der Waals surface area contributed by atoms with Crippen molar-refractivity contribution in [1.29, 1.82) is 0 Å². The molecule has 1 fully saturated rings. The van der Waals surface area contributed by atoms with E-state index in [0.717, 1.165) is 41.1 Å². The van der Waals surface area contributed by atoms with E-state index in [1.165, 1.54) is 35.2 Å². The molecule has 0 spiro atoms. The summed E-state index contributed by atoms with van der Waals surface area (Å²) in [5.74, 6) is -1.28. The first-order chi connectivity index (χ1) is 20.0. The van der Waals surface area contributed by atoms with E-state index in [9.17, 15) is 22.4 Å². The summed E-state index contributed by atoms with van der Waals surface area (Å²) in [6.45, 7) is 4.90. The van der Waals surface area contributed by atoms with Crippen LogP contribution in [-0.2, 0) is 26.2 Å². The maximum Gasteiger partial charge on any atom is 0.264 e. The number of rotatable bonds is 11. The van der Waals surface area contributed by atoms with Gasteiger partial charge in [0.15, 0.2) is 0 Å². The summed E-state index contributed by atoms with van der Waals surface area (Å²) in [6.07, 6.45) is 4.14. The summed E-state index contributed by atoms with van der Waals surface area (Å²) in [6, 6.07) is 16.1. The van der Waals surface area contributed by atoms with E-state index in [1.807, 2.05) is 13.8 Å². The van der Waals surface area contributed by atoms with Gasteiger partial charge in [0, 0.05) is 17.6 Å². The Bertz CT molecular complexity index is 1510. The fraction of sp³-hybridized carbons (Fsp3) is 0.375. The Morgan fingerprint density at radius 3 is 2.24 bits per heavy atom. The molecule has 0 heterocycles. The van der Waals surface area contributed by atoms with E-state index in [0.29, 0.717) is 17.0 Å². The third kappa shape index (κ3) is 7.50. The number of anilines is 1. The molecule has 1 N–H and O–H groups in total. The summed E-state index contributed by atoms with van der Waals surface area (Å²) in [7, 11) is -4.20. The van der Waals surface area contributed by atoms with Crippen LogP contribution in [0.4, 0.5) is 10.1 Å². The smallest absolute Gasteiger partial charge is 0.264 e. The number of amides is 2. The molecule has 0 aliphatic heterocycles. The van der Waals surface area contributed by atoms with Crippen molar-refractivity contribution in [2.45, 2.75) is 76.4 Å². The molecule has 0 bridgehead atoms. The van der Waals surface area contributed by atoms with E-state index in [2.05, 4.69) is 5.32 Å². The van der Waals surface area contributed by atoms with Crippen molar-refractivity contribution in [2.75, 3.05) is 10.8 Å². The van der Waals surface area contributed by atoms with Crippen LogP contribution in [0.5, 0.6) is 0 Å². The number of halogens is 2. The maximum atomic E-state index is 14.2. The molecule has 2 amide bonds. The van der Waals surface area contributed by atoms with Crippen LogP contribution in [0.1, 0.15) is 55.7 Å². The molecule has 224 valence electrons. The highest BCUT2D eigenvalue weighted by Gasteiger charge is 2.34. The van der Waals surface area contributed by atoms with Gasteiger partial charge in [-0.3, -0.25) is 13.9 Å². The lowest BCUT2D eigenvalue weighted by Gasteiger charge is -2.34. The molecule has 0 radical (unpaired) electrons. The summed E-state index contributed by atoms with van der Waals surface area (Å²) < 4.78 is 42.7. The third-order valence-corrected chi connectivity index (χ3v) is 9.88. The first-order valence-corrected chi connectivity index (χ1v) is 16.0. The Hall–Kier alpha value is -3.43. The molecule has 1 atom stereocenters. The van der Waals surface area contributed by atoms with Crippen molar-refractivity contribution >= 4 is 39.1 Å². The standard InChI is InChI=1S/C32H37ClFN3O4S/c1-4-30(32(39)35-26-7-5-6-8-26)36(20-24-12-14-25(34)15-13-24)31(38)21-37(27-16-11-23(3)29(33)19-27)42(40,41)28-17-9-22(2)10-18-28/h9-19,26,30H,4-8,20-21H2,1-3H3,(H,35,39)/t30-/m1/s1. The number of carbonyl (C=O) groups is 2. The Balaban J connectivity index is 1.73. The third-order valence-electron chi connectivity index (χ3n) is 7.68. The lowest BCUT2D eigenvalue weighted by Crippen LogP contribution is -2.53. The second-order valence-electron chi connectivity index (χ2n) is 10.8. The highest BCUT2D eigenvalue weighted by molar-refractivity contribution is 7.92. The van der Waals surface area contributed by atoms with Gasteiger partial charge in [-0.05, 0) is 80.6 Å². The van der Waals surface area contributed by atoms with Gasteiger partial charge in [0.2, 0.25) is 11.8 Å². The minimum absolute atomic E-state index is 0.00276. The summed E-state index contributed by atoms with van der Waals surface area (Å²) in [5.41, 5.74) is 2.49. The predicted molar refractivity (Wildman–Crippen MR) is 163 cm³/mol. The fourth-order valence-electron chi connectivity index (χ4n) is 5.18. The number of benzene rings is 3. The highest BCUT2D eigenvalue weighted by atomic mass is 35.5.